The van der Waals surface area contributed by atoms with Crippen LogP contribution in [0.15, 0.2) is 47.1 Å². The molecule has 2 N–H and O–H groups in total. The van der Waals surface area contributed by atoms with Gasteiger partial charge in [-0.3, -0.25) is 4.79 Å². The van der Waals surface area contributed by atoms with Gasteiger partial charge in [0.1, 0.15) is 10.3 Å². The molecule has 2 rings (SSSR count). The molecule has 0 saturated heterocycles. The summed E-state index contributed by atoms with van der Waals surface area (Å²) in [5.74, 6) is -1.25. The summed E-state index contributed by atoms with van der Waals surface area (Å²) < 4.78 is 0.589. The number of aromatic carboxylic acids is 1. The zero-order chi connectivity index (χ0) is 15.2. The largest absolute Gasteiger partial charge is 0.478 e. The standard InChI is InChI=1S/C15H13BrN2O3/c16-13-7-3-6-12(18-13)14(19)17-9-8-10-4-1-2-5-11(10)15(20)21/h1-7H,8-9H2,(H,17,19)(H,20,21). The second-order valence-corrected chi connectivity index (χ2v) is 5.13. The summed E-state index contributed by atoms with van der Waals surface area (Å²) in [6.07, 6.45) is 0.447. The number of nitrogens with one attached hydrogen (secondary N) is 1. The first-order valence-corrected chi connectivity index (χ1v) is 7.09. The van der Waals surface area contributed by atoms with E-state index in [-0.39, 0.29) is 11.5 Å². The predicted molar refractivity (Wildman–Crippen MR) is 81.4 cm³/mol. The van der Waals surface area contributed by atoms with Gasteiger partial charge in [0.2, 0.25) is 0 Å². The molecule has 1 aromatic heterocycles. The summed E-state index contributed by atoms with van der Waals surface area (Å²) in [6, 6.07) is 11.8. The average Bonchev–Trinajstić information content (AvgIpc) is 2.47. The Hall–Kier alpha value is -2.21. The first kappa shape index (κ1) is 15.2. The Bertz CT molecular complexity index is 673. The predicted octanol–water partition coefficient (Wildman–Crippen LogP) is 2.51. The first-order chi connectivity index (χ1) is 10.1. The fraction of sp³-hybridized carbons (Fsp3) is 0.133. The Morgan fingerprint density at radius 1 is 1.14 bits per heavy atom. The van der Waals surface area contributed by atoms with E-state index < -0.39 is 5.97 Å². The second kappa shape index (κ2) is 6.99. The molecular formula is C15H13BrN2O3. The van der Waals surface area contributed by atoms with Gasteiger partial charge in [-0.25, -0.2) is 9.78 Å². The monoisotopic (exact) mass is 348 g/mol. The molecule has 108 valence electrons. The van der Waals surface area contributed by atoms with E-state index >= 15 is 0 Å². The molecule has 0 aliphatic carbocycles. The Morgan fingerprint density at radius 3 is 2.62 bits per heavy atom. The first-order valence-electron chi connectivity index (χ1n) is 6.30. The third kappa shape index (κ3) is 4.13. The normalized spacial score (nSPS) is 10.1. The number of rotatable bonds is 5. The van der Waals surface area contributed by atoms with Gasteiger partial charge in [-0.2, -0.15) is 0 Å². The Kier molecular flexibility index (Phi) is 5.05. The summed E-state index contributed by atoms with van der Waals surface area (Å²) in [6.45, 7) is 0.345. The molecule has 0 saturated carbocycles. The lowest BCUT2D eigenvalue weighted by Crippen LogP contribution is -2.27. The van der Waals surface area contributed by atoms with E-state index in [1.54, 1.807) is 42.5 Å². The number of carbonyl (C=O) groups excluding carboxylic acids is 1. The maximum Gasteiger partial charge on any atom is 0.335 e. The van der Waals surface area contributed by atoms with Crippen molar-refractivity contribution in [3.05, 3.63) is 63.9 Å². The topological polar surface area (TPSA) is 79.3 Å². The van der Waals surface area contributed by atoms with Crippen molar-refractivity contribution in [1.29, 1.82) is 0 Å². The lowest BCUT2D eigenvalue weighted by Gasteiger charge is -2.07. The fourth-order valence-electron chi connectivity index (χ4n) is 1.88. The van der Waals surface area contributed by atoms with Crippen molar-refractivity contribution in [1.82, 2.24) is 10.3 Å². The molecule has 0 atom stereocenters. The molecule has 0 unspecified atom stereocenters. The summed E-state index contributed by atoms with van der Waals surface area (Å²) in [5, 5.41) is 11.8. The molecule has 1 amide bonds. The number of amides is 1. The number of carboxylic acids is 1. The highest BCUT2D eigenvalue weighted by Crippen LogP contribution is 2.09. The molecule has 0 aliphatic heterocycles. The molecular weight excluding hydrogens is 336 g/mol. The maximum absolute atomic E-state index is 11.9. The van der Waals surface area contributed by atoms with Gasteiger partial charge in [0.05, 0.1) is 5.56 Å². The molecule has 1 aromatic carbocycles. The Labute approximate surface area is 130 Å². The average molecular weight is 349 g/mol. The molecule has 0 spiro atoms. The van der Waals surface area contributed by atoms with Crippen molar-refractivity contribution in [3.63, 3.8) is 0 Å². The van der Waals surface area contributed by atoms with E-state index in [1.165, 1.54) is 0 Å². The third-order valence-corrected chi connectivity index (χ3v) is 3.32. The number of carbonyl (C=O) groups is 2. The minimum Gasteiger partial charge on any atom is -0.478 e. The molecule has 6 heteroatoms. The van der Waals surface area contributed by atoms with Crippen LogP contribution in [0.3, 0.4) is 0 Å². The lowest BCUT2D eigenvalue weighted by atomic mass is 10.0. The number of hydrogen-bond donors (Lipinski definition) is 2. The van der Waals surface area contributed by atoms with Gasteiger partial charge < -0.3 is 10.4 Å². The van der Waals surface area contributed by atoms with Gasteiger partial charge >= 0.3 is 5.97 Å². The van der Waals surface area contributed by atoms with Crippen molar-refractivity contribution in [2.24, 2.45) is 0 Å². The summed E-state index contributed by atoms with van der Waals surface area (Å²) >= 11 is 3.20. The van der Waals surface area contributed by atoms with Crippen molar-refractivity contribution in [2.75, 3.05) is 6.54 Å². The van der Waals surface area contributed by atoms with Crippen LogP contribution in [0.1, 0.15) is 26.4 Å². The maximum atomic E-state index is 11.9. The van der Waals surface area contributed by atoms with Gasteiger partial charge in [0.25, 0.3) is 5.91 Å². The molecule has 5 nitrogen and oxygen atoms in total. The van der Waals surface area contributed by atoms with Crippen LogP contribution in [0.4, 0.5) is 0 Å². The highest BCUT2D eigenvalue weighted by Gasteiger charge is 2.10. The van der Waals surface area contributed by atoms with E-state index in [4.69, 9.17) is 5.11 Å². The molecule has 2 aromatic rings. The minimum absolute atomic E-state index is 0.257. The smallest absolute Gasteiger partial charge is 0.335 e. The molecule has 0 radical (unpaired) electrons. The summed E-state index contributed by atoms with van der Waals surface area (Å²) in [7, 11) is 0. The van der Waals surface area contributed by atoms with Crippen LogP contribution < -0.4 is 5.32 Å². The van der Waals surface area contributed by atoms with Gasteiger partial charge in [-0.15, -0.1) is 0 Å². The van der Waals surface area contributed by atoms with E-state index in [9.17, 15) is 9.59 Å². The van der Waals surface area contributed by atoms with Crippen LogP contribution in [0.2, 0.25) is 0 Å². The van der Waals surface area contributed by atoms with Crippen LogP contribution in [0, 0.1) is 0 Å². The van der Waals surface area contributed by atoms with Gasteiger partial charge in [0, 0.05) is 6.54 Å². The molecule has 21 heavy (non-hydrogen) atoms. The van der Waals surface area contributed by atoms with Crippen LogP contribution in [0.25, 0.3) is 0 Å². The highest BCUT2D eigenvalue weighted by atomic mass is 79.9. The fourth-order valence-corrected chi connectivity index (χ4v) is 2.23. The van der Waals surface area contributed by atoms with Crippen molar-refractivity contribution in [2.45, 2.75) is 6.42 Å². The lowest BCUT2D eigenvalue weighted by molar-refractivity contribution is 0.0695. The number of benzene rings is 1. The number of halogens is 1. The number of pyridine rings is 1. The third-order valence-electron chi connectivity index (χ3n) is 2.88. The number of hydrogen-bond acceptors (Lipinski definition) is 3. The second-order valence-electron chi connectivity index (χ2n) is 4.31. The van der Waals surface area contributed by atoms with Gasteiger partial charge in [-0.1, -0.05) is 24.3 Å². The minimum atomic E-state index is -0.967. The Balaban J connectivity index is 1.96. The van der Waals surface area contributed by atoms with Crippen LogP contribution in [-0.4, -0.2) is 28.5 Å². The van der Waals surface area contributed by atoms with Gasteiger partial charge in [-0.05, 0) is 46.1 Å². The summed E-state index contributed by atoms with van der Waals surface area (Å²) in [4.78, 5) is 27.0. The van der Waals surface area contributed by atoms with Crippen LogP contribution in [0.5, 0.6) is 0 Å². The Morgan fingerprint density at radius 2 is 1.90 bits per heavy atom. The van der Waals surface area contributed by atoms with E-state index in [0.717, 1.165) is 0 Å². The number of carboxylic acid groups (broad SMARTS) is 1. The van der Waals surface area contributed by atoms with Crippen molar-refractivity contribution < 1.29 is 14.7 Å². The highest BCUT2D eigenvalue weighted by molar-refractivity contribution is 9.10. The van der Waals surface area contributed by atoms with Crippen molar-refractivity contribution in [3.8, 4) is 0 Å². The quantitative estimate of drug-likeness (QED) is 0.813. The van der Waals surface area contributed by atoms with E-state index in [2.05, 4.69) is 26.2 Å². The zero-order valence-corrected chi connectivity index (χ0v) is 12.6. The molecule has 0 aliphatic rings. The number of aromatic nitrogens is 1. The SMILES string of the molecule is O=C(NCCc1ccccc1C(=O)O)c1cccc(Br)n1. The van der Waals surface area contributed by atoms with Crippen LogP contribution >= 0.6 is 15.9 Å². The molecule has 1 heterocycles. The number of nitrogens with zero attached hydrogens (tertiary/aromatic N) is 1. The van der Waals surface area contributed by atoms with Gasteiger partial charge in [0.15, 0.2) is 0 Å². The zero-order valence-electron chi connectivity index (χ0n) is 11.0. The van der Waals surface area contributed by atoms with Crippen LogP contribution in [-0.2, 0) is 6.42 Å². The van der Waals surface area contributed by atoms with Crippen molar-refractivity contribution >= 4 is 27.8 Å². The summed E-state index contributed by atoms with van der Waals surface area (Å²) in [5.41, 5.74) is 1.26. The molecule has 0 bridgehead atoms. The van der Waals surface area contributed by atoms with E-state index in [1.807, 2.05) is 0 Å². The molecule has 0 fully saturated rings. The van der Waals surface area contributed by atoms with E-state index in [0.29, 0.717) is 28.8 Å².